The summed E-state index contributed by atoms with van der Waals surface area (Å²) >= 11 is 2.22. The quantitative estimate of drug-likeness (QED) is 0.873. The summed E-state index contributed by atoms with van der Waals surface area (Å²) in [6.07, 6.45) is 3.59. The predicted octanol–water partition coefficient (Wildman–Crippen LogP) is 2.88. The van der Waals surface area contributed by atoms with E-state index >= 15 is 0 Å². The van der Waals surface area contributed by atoms with Gasteiger partial charge in [0.1, 0.15) is 11.5 Å². The highest BCUT2D eigenvalue weighted by Gasteiger charge is 2.07. The molecule has 0 atom stereocenters. The smallest absolute Gasteiger partial charge is 0.180 e. The van der Waals surface area contributed by atoms with Crippen molar-refractivity contribution in [3.63, 3.8) is 0 Å². The summed E-state index contributed by atoms with van der Waals surface area (Å²) in [5.41, 5.74) is 1.96. The predicted molar refractivity (Wildman–Crippen MR) is 76.9 cm³/mol. The molecule has 0 bridgehead atoms. The lowest BCUT2D eigenvalue weighted by Gasteiger charge is -2.07. The van der Waals surface area contributed by atoms with Crippen LogP contribution in [0.5, 0.6) is 0 Å². The molecule has 0 spiro atoms. The summed E-state index contributed by atoms with van der Waals surface area (Å²) in [4.78, 5) is 13.1. The monoisotopic (exact) mass is 340 g/mol. The van der Waals surface area contributed by atoms with Crippen molar-refractivity contribution in [3.8, 4) is 11.5 Å². The molecule has 0 aromatic carbocycles. The normalized spacial score (nSPS) is 10.3. The van der Waals surface area contributed by atoms with Crippen molar-refractivity contribution in [3.05, 3.63) is 33.7 Å². The SMILES string of the molecule is CCNc1nc(-c2cc(C)ccn2)ncc1I. The van der Waals surface area contributed by atoms with E-state index in [2.05, 4.69) is 42.9 Å². The van der Waals surface area contributed by atoms with Crippen LogP contribution in [-0.2, 0) is 0 Å². The molecule has 88 valence electrons. The minimum Gasteiger partial charge on any atom is -0.369 e. The number of halogens is 1. The van der Waals surface area contributed by atoms with Crippen LogP contribution in [0, 0.1) is 10.5 Å². The molecule has 2 aromatic rings. The molecular weight excluding hydrogens is 327 g/mol. The zero-order valence-electron chi connectivity index (χ0n) is 9.74. The van der Waals surface area contributed by atoms with Gasteiger partial charge in [-0.05, 0) is 54.1 Å². The molecule has 0 radical (unpaired) electrons. The number of aryl methyl sites for hydroxylation is 1. The average molecular weight is 340 g/mol. The zero-order valence-corrected chi connectivity index (χ0v) is 11.9. The van der Waals surface area contributed by atoms with Gasteiger partial charge in [0.05, 0.1) is 3.57 Å². The number of hydrogen-bond donors (Lipinski definition) is 1. The lowest BCUT2D eigenvalue weighted by atomic mass is 10.2. The Kier molecular flexibility index (Phi) is 3.88. The van der Waals surface area contributed by atoms with Gasteiger partial charge in [0, 0.05) is 18.9 Å². The second-order valence-electron chi connectivity index (χ2n) is 3.64. The lowest BCUT2D eigenvalue weighted by molar-refractivity contribution is 1.09. The van der Waals surface area contributed by atoms with E-state index in [0.29, 0.717) is 5.82 Å². The van der Waals surface area contributed by atoms with Gasteiger partial charge >= 0.3 is 0 Å². The van der Waals surface area contributed by atoms with E-state index in [1.807, 2.05) is 32.2 Å². The fourth-order valence-corrected chi connectivity index (χ4v) is 1.89. The zero-order chi connectivity index (χ0) is 12.3. The molecule has 1 N–H and O–H groups in total. The molecule has 2 rings (SSSR count). The maximum Gasteiger partial charge on any atom is 0.180 e. The third-order valence-corrected chi connectivity index (χ3v) is 3.02. The van der Waals surface area contributed by atoms with E-state index in [9.17, 15) is 0 Å². The molecule has 0 aliphatic rings. The van der Waals surface area contributed by atoms with Crippen LogP contribution in [0.3, 0.4) is 0 Å². The van der Waals surface area contributed by atoms with Crippen LogP contribution < -0.4 is 5.32 Å². The Morgan fingerprint density at radius 1 is 1.35 bits per heavy atom. The van der Waals surface area contributed by atoms with E-state index in [1.165, 1.54) is 0 Å². The highest BCUT2D eigenvalue weighted by molar-refractivity contribution is 14.1. The molecule has 0 fully saturated rings. The van der Waals surface area contributed by atoms with Crippen LogP contribution in [0.4, 0.5) is 5.82 Å². The molecule has 2 heterocycles. The Morgan fingerprint density at radius 3 is 2.88 bits per heavy atom. The Bertz CT molecular complexity index is 528. The van der Waals surface area contributed by atoms with Crippen LogP contribution in [0.25, 0.3) is 11.5 Å². The van der Waals surface area contributed by atoms with Gasteiger partial charge in [0.15, 0.2) is 5.82 Å². The van der Waals surface area contributed by atoms with Crippen molar-refractivity contribution in [2.45, 2.75) is 13.8 Å². The maximum absolute atomic E-state index is 4.48. The standard InChI is InChI=1S/C12H13IN4/c1-3-14-11-9(13)7-16-12(17-11)10-6-8(2)4-5-15-10/h4-7H,3H2,1-2H3,(H,14,16,17). The number of anilines is 1. The van der Waals surface area contributed by atoms with E-state index in [0.717, 1.165) is 27.2 Å². The van der Waals surface area contributed by atoms with Crippen LogP contribution in [0.1, 0.15) is 12.5 Å². The van der Waals surface area contributed by atoms with Gasteiger partial charge in [0.2, 0.25) is 0 Å². The van der Waals surface area contributed by atoms with Crippen LogP contribution >= 0.6 is 22.6 Å². The highest BCUT2D eigenvalue weighted by atomic mass is 127. The van der Waals surface area contributed by atoms with Crippen molar-refractivity contribution in [1.29, 1.82) is 0 Å². The van der Waals surface area contributed by atoms with E-state index in [4.69, 9.17) is 0 Å². The van der Waals surface area contributed by atoms with Crippen molar-refractivity contribution in [1.82, 2.24) is 15.0 Å². The molecule has 2 aromatic heterocycles. The molecule has 0 saturated heterocycles. The number of rotatable bonds is 3. The van der Waals surface area contributed by atoms with Crippen LogP contribution in [-0.4, -0.2) is 21.5 Å². The summed E-state index contributed by atoms with van der Waals surface area (Å²) in [6, 6.07) is 3.94. The Hall–Kier alpha value is -1.24. The van der Waals surface area contributed by atoms with Crippen molar-refractivity contribution in [2.75, 3.05) is 11.9 Å². The summed E-state index contributed by atoms with van der Waals surface area (Å²) in [5.74, 6) is 1.52. The first-order valence-electron chi connectivity index (χ1n) is 5.40. The fourth-order valence-electron chi connectivity index (χ4n) is 1.44. The second-order valence-corrected chi connectivity index (χ2v) is 4.80. The molecule has 0 aliphatic heterocycles. The Balaban J connectivity index is 2.42. The molecule has 0 aliphatic carbocycles. The molecular formula is C12H13IN4. The third-order valence-electron chi connectivity index (χ3n) is 2.23. The van der Waals surface area contributed by atoms with Gasteiger partial charge < -0.3 is 5.32 Å². The minimum absolute atomic E-state index is 0.657. The van der Waals surface area contributed by atoms with E-state index in [1.54, 1.807) is 6.20 Å². The van der Waals surface area contributed by atoms with Gasteiger partial charge in [0.25, 0.3) is 0 Å². The highest BCUT2D eigenvalue weighted by Crippen LogP contribution is 2.19. The summed E-state index contributed by atoms with van der Waals surface area (Å²) in [5, 5.41) is 3.21. The van der Waals surface area contributed by atoms with E-state index < -0.39 is 0 Å². The average Bonchev–Trinajstić information content (AvgIpc) is 2.32. The topological polar surface area (TPSA) is 50.7 Å². The Morgan fingerprint density at radius 2 is 2.18 bits per heavy atom. The molecule has 17 heavy (non-hydrogen) atoms. The van der Waals surface area contributed by atoms with Gasteiger partial charge in [-0.2, -0.15) is 0 Å². The fraction of sp³-hybridized carbons (Fsp3) is 0.250. The second kappa shape index (κ2) is 5.39. The summed E-state index contributed by atoms with van der Waals surface area (Å²) in [7, 11) is 0. The number of pyridine rings is 1. The number of nitrogens with zero attached hydrogens (tertiary/aromatic N) is 3. The van der Waals surface area contributed by atoms with E-state index in [-0.39, 0.29) is 0 Å². The van der Waals surface area contributed by atoms with Crippen LogP contribution in [0.15, 0.2) is 24.5 Å². The van der Waals surface area contributed by atoms with Gasteiger partial charge in [-0.25, -0.2) is 9.97 Å². The molecule has 4 nitrogen and oxygen atoms in total. The molecule has 0 unspecified atom stereocenters. The van der Waals surface area contributed by atoms with Gasteiger partial charge in [-0.15, -0.1) is 0 Å². The molecule has 5 heteroatoms. The van der Waals surface area contributed by atoms with Gasteiger partial charge in [-0.1, -0.05) is 0 Å². The van der Waals surface area contributed by atoms with Crippen molar-refractivity contribution in [2.24, 2.45) is 0 Å². The summed E-state index contributed by atoms with van der Waals surface area (Å²) in [6.45, 7) is 4.92. The Labute approximate surface area is 114 Å². The first-order valence-corrected chi connectivity index (χ1v) is 6.48. The maximum atomic E-state index is 4.48. The van der Waals surface area contributed by atoms with Crippen molar-refractivity contribution < 1.29 is 0 Å². The summed E-state index contributed by atoms with van der Waals surface area (Å²) < 4.78 is 1.01. The first kappa shape index (κ1) is 12.2. The van der Waals surface area contributed by atoms with Gasteiger partial charge in [-0.3, -0.25) is 4.98 Å². The molecule has 0 saturated carbocycles. The number of hydrogen-bond acceptors (Lipinski definition) is 4. The lowest BCUT2D eigenvalue weighted by Crippen LogP contribution is -2.04. The minimum atomic E-state index is 0.657. The first-order chi connectivity index (χ1) is 8.20. The number of aromatic nitrogens is 3. The van der Waals surface area contributed by atoms with Crippen molar-refractivity contribution >= 4 is 28.4 Å². The molecule has 0 amide bonds. The number of nitrogens with one attached hydrogen (secondary N) is 1. The van der Waals surface area contributed by atoms with Crippen LogP contribution in [0.2, 0.25) is 0 Å². The third kappa shape index (κ3) is 2.91. The largest absolute Gasteiger partial charge is 0.369 e.